The van der Waals surface area contributed by atoms with E-state index in [9.17, 15) is 0 Å². The predicted molar refractivity (Wildman–Crippen MR) is 83.8 cm³/mol. The Balaban J connectivity index is 1.71. The Morgan fingerprint density at radius 1 is 0.952 bits per heavy atom. The molecular weight excluding hydrogens is 262 g/mol. The average Bonchev–Trinajstić information content (AvgIpc) is 2.54. The lowest BCUT2D eigenvalue weighted by atomic mass is 9.99. The number of methoxy groups -OCH3 is 2. The third-order valence-corrected chi connectivity index (χ3v) is 4.05. The van der Waals surface area contributed by atoms with Gasteiger partial charge in [-0.3, -0.25) is 4.90 Å². The fourth-order valence-electron chi connectivity index (χ4n) is 2.88. The van der Waals surface area contributed by atoms with Crippen molar-refractivity contribution in [3.8, 4) is 11.5 Å². The standard InChI is InChI=1S/C18H21NO2/c1-20-17-5-3-4-14(10-17)12-19-9-8-15-11-18(21-2)7-6-16(15)13-19/h3-7,10-11H,8-9,12-13H2,1-2H3. The van der Waals surface area contributed by atoms with Gasteiger partial charge >= 0.3 is 0 Å². The van der Waals surface area contributed by atoms with Gasteiger partial charge in [0.15, 0.2) is 0 Å². The van der Waals surface area contributed by atoms with E-state index in [0.29, 0.717) is 0 Å². The van der Waals surface area contributed by atoms with E-state index >= 15 is 0 Å². The SMILES string of the molecule is COc1cccc(CN2CCc3cc(OC)ccc3C2)c1. The molecule has 2 aromatic carbocycles. The summed E-state index contributed by atoms with van der Waals surface area (Å²) in [5.41, 5.74) is 4.12. The highest BCUT2D eigenvalue weighted by atomic mass is 16.5. The lowest BCUT2D eigenvalue weighted by Crippen LogP contribution is -2.30. The first-order valence-electron chi connectivity index (χ1n) is 7.29. The average molecular weight is 283 g/mol. The van der Waals surface area contributed by atoms with Gasteiger partial charge in [-0.15, -0.1) is 0 Å². The van der Waals surface area contributed by atoms with Crippen LogP contribution in [0.2, 0.25) is 0 Å². The number of rotatable bonds is 4. The molecule has 1 aliphatic heterocycles. The van der Waals surface area contributed by atoms with Crippen LogP contribution in [0.3, 0.4) is 0 Å². The molecule has 0 radical (unpaired) electrons. The quantitative estimate of drug-likeness (QED) is 0.859. The van der Waals surface area contributed by atoms with Crippen molar-refractivity contribution < 1.29 is 9.47 Å². The van der Waals surface area contributed by atoms with Crippen molar-refractivity contribution >= 4 is 0 Å². The second-order valence-electron chi connectivity index (χ2n) is 5.45. The maximum Gasteiger partial charge on any atom is 0.119 e. The van der Waals surface area contributed by atoms with Gasteiger partial charge in [-0.2, -0.15) is 0 Å². The molecule has 0 N–H and O–H groups in total. The van der Waals surface area contributed by atoms with E-state index in [1.165, 1.54) is 16.7 Å². The molecule has 0 unspecified atom stereocenters. The van der Waals surface area contributed by atoms with Crippen molar-refractivity contribution in [2.75, 3.05) is 20.8 Å². The second kappa shape index (κ2) is 6.19. The fraction of sp³-hybridized carbons (Fsp3) is 0.333. The molecule has 0 aliphatic carbocycles. The topological polar surface area (TPSA) is 21.7 Å². The maximum atomic E-state index is 5.30. The molecule has 0 aromatic heterocycles. The largest absolute Gasteiger partial charge is 0.497 e. The molecule has 0 saturated heterocycles. The maximum absolute atomic E-state index is 5.30. The first-order chi connectivity index (χ1) is 10.3. The molecule has 2 aromatic rings. The molecule has 3 rings (SSSR count). The van der Waals surface area contributed by atoms with E-state index in [-0.39, 0.29) is 0 Å². The van der Waals surface area contributed by atoms with Gasteiger partial charge in [0.05, 0.1) is 14.2 Å². The van der Waals surface area contributed by atoms with E-state index in [0.717, 1.165) is 37.6 Å². The van der Waals surface area contributed by atoms with Gasteiger partial charge in [0.25, 0.3) is 0 Å². The van der Waals surface area contributed by atoms with Crippen molar-refractivity contribution in [2.45, 2.75) is 19.5 Å². The third-order valence-electron chi connectivity index (χ3n) is 4.05. The Bertz CT molecular complexity index is 624. The summed E-state index contributed by atoms with van der Waals surface area (Å²) in [5.74, 6) is 1.88. The number of benzene rings is 2. The predicted octanol–water partition coefficient (Wildman–Crippen LogP) is 3.26. The van der Waals surface area contributed by atoms with E-state index in [1.807, 2.05) is 12.1 Å². The summed E-state index contributed by atoms with van der Waals surface area (Å²) >= 11 is 0. The molecule has 3 nitrogen and oxygen atoms in total. The zero-order valence-corrected chi connectivity index (χ0v) is 12.6. The monoisotopic (exact) mass is 283 g/mol. The van der Waals surface area contributed by atoms with Crippen molar-refractivity contribution in [2.24, 2.45) is 0 Å². The van der Waals surface area contributed by atoms with Crippen LogP contribution in [0.1, 0.15) is 16.7 Å². The van der Waals surface area contributed by atoms with Gasteiger partial charge < -0.3 is 9.47 Å². The second-order valence-corrected chi connectivity index (χ2v) is 5.45. The molecule has 3 heteroatoms. The highest BCUT2D eigenvalue weighted by Crippen LogP contribution is 2.25. The first-order valence-corrected chi connectivity index (χ1v) is 7.29. The van der Waals surface area contributed by atoms with Crippen molar-refractivity contribution in [1.82, 2.24) is 4.90 Å². The molecule has 0 saturated carbocycles. The van der Waals surface area contributed by atoms with Crippen LogP contribution in [-0.2, 0) is 19.5 Å². The highest BCUT2D eigenvalue weighted by Gasteiger charge is 2.17. The molecule has 0 amide bonds. The Hall–Kier alpha value is -2.00. The van der Waals surface area contributed by atoms with Crippen LogP contribution in [0.25, 0.3) is 0 Å². The lowest BCUT2D eigenvalue weighted by molar-refractivity contribution is 0.245. The van der Waals surface area contributed by atoms with E-state index < -0.39 is 0 Å². The van der Waals surface area contributed by atoms with Crippen LogP contribution < -0.4 is 9.47 Å². The normalized spacial score (nSPS) is 14.6. The molecule has 1 aliphatic rings. The summed E-state index contributed by atoms with van der Waals surface area (Å²) in [6, 6.07) is 14.7. The number of fused-ring (bicyclic) bond motifs is 1. The van der Waals surface area contributed by atoms with Crippen LogP contribution >= 0.6 is 0 Å². The fourth-order valence-corrected chi connectivity index (χ4v) is 2.88. The Morgan fingerprint density at radius 2 is 1.76 bits per heavy atom. The zero-order chi connectivity index (χ0) is 14.7. The Morgan fingerprint density at radius 3 is 2.57 bits per heavy atom. The lowest BCUT2D eigenvalue weighted by Gasteiger charge is -2.29. The van der Waals surface area contributed by atoms with Crippen molar-refractivity contribution in [1.29, 1.82) is 0 Å². The van der Waals surface area contributed by atoms with E-state index in [2.05, 4.69) is 35.2 Å². The molecule has 0 bridgehead atoms. The molecular formula is C18H21NO2. The summed E-state index contributed by atoms with van der Waals surface area (Å²) < 4.78 is 10.6. The number of hydrogen-bond donors (Lipinski definition) is 0. The van der Waals surface area contributed by atoms with Gasteiger partial charge in [0.2, 0.25) is 0 Å². The van der Waals surface area contributed by atoms with Crippen molar-refractivity contribution in [3.63, 3.8) is 0 Å². The summed E-state index contributed by atoms with van der Waals surface area (Å²) in [6.45, 7) is 3.04. The minimum Gasteiger partial charge on any atom is -0.497 e. The number of ether oxygens (including phenoxy) is 2. The summed E-state index contributed by atoms with van der Waals surface area (Å²) in [7, 11) is 3.43. The zero-order valence-electron chi connectivity index (χ0n) is 12.6. The summed E-state index contributed by atoms with van der Waals surface area (Å²) in [4.78, 5) is 2.48. The van der Waals surface area contributed by atoms with Crippen LogP contribution in [-0.4, -0.2) is 25.7 Å². The molecule has 110 valence electrons. The molecule has 1 heterocycles. The minimum atomic E-state index is 0.926. The Labute approximate surface area is 126 Å². The summed E-state index contributed by atoms with van der Waals surface area (Å²) in [6.07, 6.45) is 1.08. The number of hydrogen-bond acceptors (Lipinski definition) is 3. The van der Waals surface area contributed by atoms with Crippen LogP contribution in [0.15, 0.2) is 42.5 Å². The molecule has 0 atom stereocenters. The molecule has 0 spiro atoms. The number of nitrogens with zero attached hydrogens (tertiary/aromatic N) is 1. The Kier molecular flexibility index (Phi) is 4.11. The van der Waals surface area contributed by atoms with E-state index in [4.69, 9.17) is 9.47 Å². The smallest absolute Gasteiger partial charge is 0.119 e. The third kappa shape index (κ3) is 3.19. The van der Waals surface area contributed by atoms with Gasteiger partial charge in [0.1, 0.15) is 11.5 Å². The molecule has 21 heavy (non-hydrogen) atoms. The van der Waals surface area contributed by atoms with Gasteiger partial charge in [0, 0.05) is 19.6 Å². The van der Waals surface area contributed by atoms with Crippen LogP contribution in [0, 0.1) is 0 Å². The summed E-state index contributed by atoms with van der Waals surface area (Å²) in [5, 5.41) is 0. The van der Waals surface area contributed by atoms with Gasteiger partial charge in [-0.1, -0.05) is 18.2 Å². The first kappa shape index (κ1) is 14.0. The van der Waals surface area contributed by atoms with Crippen LogP contribution in [0.4, 0.5) is 0 Å². The van der Waals surface area contributed by atoms with E-state index in [1.54, 1.807) is 14.2 Å². The van der Waals surface area contributed by atoms with Gasteiger partial charge in [-0.25, -0.2) is 0 Å². The van der Waals surface area contributed by atoms with Crippen molar-refractivity contribution in [3.05, 3.63) is 59.2 Å². The molecule has 0 fully saturated rings. The minimum absolute atomic E-state index is 0.926. The highest BCUT2D eigenvalue weighted by molar-refractivity contribution is 5.37. The van der Waals surface area contributed by atoms with Gasteiger partial charge in [-0.05, 0) is 47.4 Å². The van der Waals surface area contributed by atoms with Crippen LogP contribution in [0.5, 0.6) is 11.5 Å².